The summed E-state index contributed by atoms with van der Waals surface area (Å²) in [5, 5.41) is 2.94. The molecule has 0 radical (unpaired) electrons. The van der Waals surface area contributed by atoms with Gasteiger partial charge in [0.2, 0.25) is 0 Å². The first-order chi connectivity index (χ1) is 12.1. The summed E-state index contributed by atoms with van der Waals surface area (Å²) in [6.45, 7) is 8.14. The maximum Gasteiger partial charge on any atom is 0.318 e. The average Bonchev–Trinajstić information content (AvgIpc) is 3.03. The van der Waals surface area contributed by atoms with E-state index < -0.39 is 0 Å². The van der Waals surface area contributed by atoms with E-state index in [9.17, 15) is 9.18 Å². The molecule has 1 aromatic carbocycles. The maximum atomic E-state index is 13.1. The lowest BCUT2D eigenvalue weighted by Gasteiger charge is -2.22. The molecular formula is C20H26FN3O. The van der Waals surface area contributed by atoms with Gasteiger partial charge < -0.3 is 14.8 Å². The van der Waals surface area contributed by atoms with Crippen molar-refractivity contribution >= 4 is 6.03 Å². The highest BCUT2D eigenvalue weighted by atomic mass is 19.1. The molecule has 2 amide bonds. The molecule has 134 valence electrons. The molecule has 0 aliphatic rings. The van der Waals surface area contributed by atoms with E-state index in [0.29, 0.717) is 26.2 Å². The lowest BCUT2D eigenvalue weighted by atomic mass is 10.2. The number of rotatable bonds is 9. The number of carbonyl (C=O) groups is 1. The molecule has 1 heterocycles. The molecule has 0 spiro atoms. The molecule has 0 bridgehead atoms. The van der Waals surface area contributed by atoms with Gasteiger partial charge >= 0.3 is 6.03 Å². The minimum atomic E-state index is -0.239. The third-order valence-corrected chi connectivity index (χ3v) is 3.99. The van der Waals surface area contributed by atoms with Crippen molar-refractivity contribution in [3.05, 3.63) is 72.3 Å². The summed E-state index contributed by atoms with van der Waals surface area (Å²) in [7, 11) is 0. The van der Waals surface area contributed by atoms with Crippen molar-refractivity contribution in [3.8, 4) is 0 Å². The maximum absolute atomic E-state index is 13.1. The van der Waals surface area contributed by atoms with Crippen molar-refractivity contribution < 1.29 is 9.18 Å². The Bertz CT molecular complexity index is 679. The Balaban J connectivity index is 2.04. The van der Waals surface area contributed by atoms with Crippen molar-refractivity contribution in [2.45, 2.75) is 32.9 Å². The lowest BCUT2D eigenvalue weighted by Crippen LogP contribution is -2.40. The van der Waals surface area contributed by atoms with Crippen molar-refractivity contribution in [3.63, 3.8) is 0 Å². The van der Waals surface area contributed by atoms with Crippen LogP contribution in [0.15, 0.2) is 55.3 Å². The van der Waals surface area contributed by atoms with E-state index in [-0.39, 0.29) is 11.8 Å². The predicted molar refractivity (Wildman–Crippen MR) is 98.8 cm³/mol. The highest BCUT2D eigenvalue weighted by Gasteiger charge is 2.14. The highest BCUT2D eigenvalue weighted by molar-refractivity contribution is 5.74. The molecule has 0 saturated heterocycles. The molecule has 0 aliphatic heterocycles. The first-order valence-corrected chi connectivity index (χ1v) is 8.66. The Morgan fingerprint density at radius 1 is 1.32 bits per heavy atom. The third kappa shape index (κ3) is 5.78. The van der Waals surface area contributed by atoms with Crippen LogP contribution in [-0.2, 0) is 13.1 Å². The number of urea groups is 1. The van der Waals surface area contributed by atoms with E-state index in [0.717, 1.165) is 24.1 Å². The van der Waals surface area contributed by atoms with Gasteiger partial charge in [0.25, 0.3) is 0 Å². The van der Waals surface area contributed by atoms with E-state index in [4.69, 9.17) is 0 Å². The van der Waals surface area contributed by atoms with Crippen LogP contribution in [0.5, 0.6) is 0 Å². The zero-order valence-corrected chi connectivity index (χ0v) is 14.7. The highest BCUT2D eigenvalue weighted by Crippen LogP contribution is 2.11. The van der Waals surface area contributed by atoms with Crippen LogP contribution in [0, 0.1) is 5.82 Å². The number of unbranched alkanes of at least 4 members (excludes halogenated alkanes) is 1. The van der Waals surface area contributed by atoms with Gasteiger partial charge in [0.1, 0.15) is 5.82 Å². The lowest BCUT2D eigenvalue weighted by molar-refractivity contribution is 0.199. The summed E-state index contributed by atoms with van der Waals surface area (Å²) in [4.78, 5) is 14.1. The Morgan fingerprint density at radius 2 is 2.08 bits per heavy atom. The van der Waals surface area contributed by atoms with Gasteiger partial charge in [-0.25, -0.2) is 9.18 Å². The number of benzene rings is 1. The van der Waals surface area contributed by atoms with Gasteiger partial charge in [-0.15, -0.1) is 6.58 Å². The van der Waals surface area contributed by atoms with Crippen molar-refractivity contribution in [1.82, 2.24) is 14.8 Å². The molecule has 1 N–H and O–H groups in total. The number of hydrogen-bond acceptors (Lipinski definition) is 1. The van der Waals surface area contributed by atoms with Crippen LogP contribution >= 0.6 is 0 Å². The van der Waals surface area contributed by atoms with E-state index >= 15 is 0 Å². The van der Waals surface area contributed by atoms with Crippen molar-refractivity contribution in [1.29, 1.82) is 0 Å². The zero-order chi connectivity index (χ0) is 18.1. The van der Waals surface area contributed by atoms with Crippen LogP contribution in [0.3, 0.4) is 0 Å². The van der Waals surface area contributed by atoms with Crippen LogP contribution in [0.25, 0.3) is 0 Å². The molecular weight excluding hydrogens is 317 g/mol. The Morgan fingerprint density at radius 3 is 2.76 bits per heavy atom. The normalized spacial score (nSPS) is 10.5. The second kappa shape index (κ2) is 9.67. The fourth-order valence-corrected chi connectivity index (χ4v) is 2.59. The van der Waals surface area contributed by atoms with Gasteiger partial charge in [0.15, 0.2) is 0 Å². The van der Waals surface area contributed by atoms with Gasteiger partial charge in [-0.2, -0.15) is 0 Å². The summed E-state index contributed by atoms with van der Waals surface area (Å²) < 4.78 is 15.1. The van der Waals surface area contributed by atoms with E-state index in [1.807, 2.05) is 18.3 Å². The van der Waals surface area contributed by atoms with Gasteiger partial charge in [0.05, 0.1) is 6.54 Å². The van der Waals surface area contributed by atoms with Gasteiger partial charge in [-0.1, -0.05) is 31.6 Å². The fraction of sp³-hybridized carbons (Fsp3) is 0.350. The molecule has 0 atom stereocenters. The van der Waals surface area contributed by atoms with E-state index in [1.165, 1.54) is 12.1 Å². The first kappa shape index (κ1) is 18.8. The molecule has 4 nitrogen and oxygen atoms in total. The molecule has 0 fully saturated rings. The Labute approximate surface area is 149 Å². The quantitative estimate of drug-likeness (QED) is 0.538. The number of aromatic nitrogens is 1. The van der Waals surface area contributed by atoms with Crippen LogP contribution < -0.4 is 5.32 Å². The average molecular weight is 343 g/mol. The van der Waals surface area contributed by atoms with E-state index in [1.54, 1.807) is 23.1 Å². The molecule has 0 saturated carbocycles. The molecule has 2 aromatic rings. The van der Waals surface area contributed by atoms with Gasteiger partial charge in [-0.3, -0.25) is 0 Å². The standard InChI is InChI=1S/C20H26FN3O/c1-3-5-12-22-20(25)24(13-4-2)16-19-7-6-14-23(19)15-17-8-10-18(21)11-9-17/h4,6-11,14H,2-3,5,12-13,15-16H2,1H3,(H,22,25). The van der Waals surface area contributed by atoms with Crippen LogP contribution in [-0.4, -0.2) is 28.6 Å². The number of amides is 2. The minimum Gasteiger partial charge on any atom is -0.345 e. The fourth-order valence-electron chi connectivity index (χ4n) is 2.59. The first-order valence-electron chi connectivity index (χ1n) is 8.66. The molecule has 25 heavy (non-hydrogen) atoms. The summed E-state index contributed by atoms with van der Waals surface area (Å²) in [5.74, 6) is -0.239. The molecule has 0 aliphatic carbocycles. The van der Waals surface area contributed by atoms with Crippen LogP contribution in [0.1, 0.15) is 31.0 Å². The summed E-state index contributed by atoms with van der Waals surface area (Å²) in [5.41, 5.74) is 2.04. The second-order valence-corrected chi connectivity index (χ2v) is 6.01. The smallest absolute Gasteiger partial charge is 0.318 e. The molecule has 5 heteroatoms. The van der Waals surface area contributed by atoms with Crippen LogP contribution in [0.4, 0.5) is 9.18 Å². The SMILES string of the molecule is C=CCN(Cc1cccn1Cc1ccc(F)cc1)C(=O)NCCCC. The number of nitrogens with zero attached hydrogens (tertiary/aromatic N) is 2. The third-order valence-electron chi connectivity index (χ3n) is 3.99. The summed E-state index contributed by atoms with van der Waals surface area (Å²) in [6.07, 6.45) is 5.71. The van der Waals surface area contributed by atoms with Gasteiger partial charge in [0, 0.05) is 31.5 Å². The molecule has 2 rings (SSSR count). The number of halogens is 1. The number of nitrogens with one attached hydrogen (secondary N) is 1. The summed E-state index contributed by atoms with van der Waals surface area (Å²) >= 11 is 0. The van der Waals surface area contributed by atoms with Gasteiger partial charge in [-0.05, 0) is 36.2 Å². The number of hydrogen-bond donors (Lipinski definition) is 1. The molecule has 0 unspecified atom stereocenters. The minimum absolute atomic E-state index is 0.0807. The second-order valence-electron chi connectivity index (χ2n) is 6.01. The molecule has 1 aromatic heterocycles. The summed E-state index contributed by atoms with van der Waals surface area (Å²) in [6, 6.07) is 10.4. The van der Waals surface area contributed by atoms with Crippen LogP contribution in [0.2, 0.25) is 0 Å². The Hall–Kier alpha value is -2.56. The van der Waals surface area contributed by atoms with Crippen molar-refractivity contribution in [2.75, 3.05) is 13.1 Å². The predicted octanol–water partition coefficient (Wildman–Crippen LogP) is 4.17. The Kier molecular flexibility index (Phi) is 7.26. The number of carbonyl (C=O) groups excluding carboxylic acids is 1. The zero-order valence-electron chi connectivity index (χ0n) is 14.7. The van der Waals surface area contributed by atoms with E-state index in [2.05, 4.69) is 23.4 Å². The monoisotopic (exact) mass is 343 g/mol. The van der Waals surface area contributed by atoms with Crippen molar-refractivity contribution in [2.24, 2.45) is 0 Å². The largest absolute Gasteiger partial charge is 0.345 e. The topological polar surface area (TPSA) is 37.3 Å².